The van der Waals surface area contributed by atoms with Gasteiger partial charge in [-0.2, -0.15) is 0 Å². The number of amides is 1. The quantitative estimate of drug-likeness (QED) is 0.697. The molecule has 2 aromatic carbocycles. The van der Waals surface area contributed by atoms with Crippen LogP contribution >= 0.6 is 0 Å². The summed E-state index contributed by atoms with van der Waals surface area (Å²) < 4.78 is 0. The van der Waals surface area contributed by atoms with E-state index in [1.165, 1.54) is 5.56 Å². The highest BCUT2D eigenvalue weighted by Gasteiger charge is 2.28. The van der Waals surface area contributed by atoms with Gasteiger partial charge in [-0.25, -0.2) is 0 Å². The molecular weight excluding hydrogens is 320 g/mol. The molecule has 1 aliphatic heterocycles. The molecule has 0 radical (unpaired) electrons. The van der Waals surface area contributed by atoms with Gasteiger partial charge >= 0.3 is 0 Å². The van der Waals surface area contributed by atoms with E-state index in [4.69, 9.17) is 0 Å². The fraction of sp³-hybridized carbons (Fsp3) is 0.348. The highest BCUT2D eigenvalue weighted by molar-refractivity contribution is 5.94. The van der Waals surface area contributed by atoms with Gasteiger partial charge in [0.05, 0.1) is 0 Å². The highest BCUT2D eigenvalue weighted by atomic mass is 16.2. The molecule has 1 fully saturated rings. The lowest BCUT2D eigenvalue weighted by molar-refractivity contribution is -0.118. The summed E-state index contributed by atoms with van der Waals surface area (Å²) in [6.45, 7) is 6.91. The van der Waals surface area contributed by atoms with E-state index in [1.54, 1.807) is 6.08 Å². The Morgan fingerprint density at radius 2 is 1.65 bits per heavy atom. The summed E-state index contributed by atoms with van der Waals surface area (Å²) in [7, 11) is 0. The molecule has 0 aromatic heterocycles. The molecule has 3 rings (SSSR count). The number of carbonyl (C=O) groups is 1. The minimum Gasteiger partial charge on any atom is -0.309 e. The van der Waals surface area contributed by atoms with Crippen LogP contribution in [0.3, 0.4) is 0 Å². The summed E-state index contributed by atoms with van der Waals surface area (Å²) >= 11 is 0. The van der Waals surface area contributed by atoms with Gasteiger partial charge in [-0.3, -0.25) is 4.79 Å². The predicted octanol–water partition coefficient (Wildman–Crippen LogP) is 4.30. The van der Waals surface area contributed by atoms with Crippen LogP contribution in [-0.4, -0.2) is 36.5 Å². The SMILES string of the molecule is C=CCC(=O)N(c1ccccc1)C1CCN(CCc2ccccc2)CC1. The summed E-state index contributed by atoms with van der Waals surface area (Å²) in [5.74, 6) is 0.147. The Labute approximate surface area is 156 Å². The third-order valence-electron chi connectivity index (χ3n) is 5.10. The normalized spacial score (nSPS) is 15.5. The van der Waals surface area contributed by atoms with E-state index < -0.39 is 0 Å². The second-order valence-corrected chi connectivity index (χ2v) is 6.90. The second-order valence-electron chi connectivity index (χ2n) is 6.90. The van der Waals surface area contributed by atoms with Gasteiger partial charge in [0.2, 0.25) is 5.91 Å². The molecule has 1 aliphatic rings. The lowest BCUT2D eigenvalue weighted by atomic mass is 10.0. The number of para-hydroxylation sites is 1. The predicted molar refractivity (Wildman–Crippen MR) is 108 cm³/mol. The molecule has 1 amide bonds. The van der Waals surface area contributed by atoms with Gasteiger partial charge < -0.3 is 9.80 Å². The van der Waals surface area contributed by atoms with Crippen LogP contribution in [-0.2, 0) is 11.2 Å². The molecule has 0 aliphatic carbocycles. The Bertz CT molecular complexity index is 691. The van der Waals surface area contributed by atoms with Gasteiger partial charge in [0, 0.05) is 37.8 Å². The van der Waals surface area contributed by atoms with Crippen molar-refractivity contribution in [3.8, 4) is 0 Å². The van der Waals surface area contributed by atoms with Crippen molar-refractivity contribution >= 4 is 11.6 Å². The van der Waals surface area contributed by atoms with Crippen LogP contribution in [0.1, 0.15) is 24.8 Å². The molecule has 26 heavy (non-hydrogen) atoms. The van der Waals surface area contributed by atoms with E-state index in [0.29, 0.717) is 6.42 Å². The molecule has 0 unspecified atom stereocenters. The summed E-state index contributed by atoms with van der Waals surface area (Å²) in [5.41, 5.74) is 2.39. The standard InChI is InChI=1S/C23H28N2O/c1-2-9-23(26)25(21-12-7-4-8-13-21)22-15-18-24(19-16-22)17-14-20-10-5-3-6-11-20/h2-8,10-13,22H,1,9,14-19H2. The number of likely N-dealkylation sites (tertiary alicyclic amines) is 1. The smallest absolute Gasteiger partial charge is 0.231 e. The molecular formula is C23H28N2O. The van der Waals surface area contributed by atoms with Crippen LogP contribution in [0.5, 0.6) is 0 Å². The molecule has 0 spiro atoms. The topological polar surface area (TPSA) is 23.6 Å². The zero-order valence-electron chi connectivity index (χ0n) is 15.4. The number of piperidine rings is 1. The third kappa shape index (κ3) is 4.83. The summed E-state index contributed by atoms with van der Waals surface area (Å²) in [4.78, 5) is 17.2. The van der Waals surface area contributed by atoms with E-state index in [0.717, 1.165) is 44.6 Å². The van der Waals surface area contributed by atoms with Crippen molar-refractivity contribution in [2.24, 2.45) is 0 Å². The minimum atomic E-state index is 0.147. The van der Waals surface area contributed by atoms with Crippen LogP contribution in [0.15, 0.2) is 73.3 Å². The van der Waals surface area contributed by atoms with Gasteiger partial charge in [0.25, 0.3) is 0 Å². The molecule has 1 heterocycles. The number of carbonyl (C=O) groups excluding carboxylic acids is 1. The summed E-state index contributed by atoms with van der Waals surface area (Å²) in [6.07, 6.45) is 5.22. The Morgan fingerprint density at radius 3 is 2.27 bits per heavy atom. The van der Waals surface area contributed by atoms with Crippen molar-refractivity contribution in [2.75, 3.05) is 24.5 Å². The maximum absolute atomic E-state index is 12.7. The Hall–Kier alpha value is -2.39. The molecule has 136 valence electrons. The fourth-order valence-corrected chi connectivity index (χ4v) is 3.70. The molecule has 0 bridgehead atoms. The molecule has 3 heteroatoms. The summed E-state index contributed by atoms with van der Waals surface area (Å²) in [6, 6.07) is 21.0. The van der Waals surface area contributed by atoms with Crippen molar-refractivity contribution < 1.29 is 4.79 Å². The van der Waals surface area contributed by atoms with E-state index in [9.17, 15) is 4.79 Å². The van der Waals surface area contributed by atoms with E-state index in [-0.39, 0.29) is 11.9 Å². The zero-order valence-corrected chi connectivity index (χ0v) is 15.4. The fourth-order valence-electron chi connectivity index (χ4n) is 3.70. The number of anilines is 1. The second kappa shape index (κ2) is 9.35. The molecule has 1 saturated heterocycles. The molecule has 2 aromatic rings. The van der Waals surface area contributed by atoms with Gasteiger partial charge in [0.1, 0.15) is 0 Å². The van der Waals surface area contributed by atoms with E-state index in [1.807, 2.05) is 35.2 Å². The lowest BCUT2D eigenvalue weighted by Gasteiger charge is -2.38. The minimum absolute atomic E-state index is 0.147. The van der Waals surface area contributed by atoms with Crippen LogP contribution in [0.2, 0.25) is 0 Å². The van der Waals surface area contributed by atoms with E-state index in [2.05, 4.69) is 41.8 Å². The maximum atomic E-state index is 12.7. The average molecular weight is 348 g/mol. The van der Waals surface area contributed by atoms with Crippen LogP contribution < -0.4 is 4.90 Å². The largest absolute Gasteiger partial charge is 0.309 e. The van der Waals surface area contributed by atoms with Crippen LogP contribution in [0, 0.1) is 0 Å². The van der Waals surface area contributed by atoms with Crippen LogP contribution in [0.25, 0.3) is 0 Å². The Morgan fingerprint density at radius 1 is 1.04 bits per heavy atom. The number of nitrogens with zero attached hydrogens (tertiary/aromatic N) is 2. The average Bonchev–Trinajstić information content (AvgIpc) is 2.69. The first kappa shape index (κ1) is 18.4. The molecule has 0 N–H and O–H groups in total. The van der Waals surface area contributed by atoms with Crippen LogP contribution in [0.4, 0.5) is 5.69 Å². The first-order chi connectivity index (χ1) is 12.8. The maximum Gasteiger partial charge on any atom is 0.231 e. The number of benzene rings is 2. The molecule has 0 saturated carbocycles. The summed E-state index contributed by atoms with van der Waals surface area (Å²) in [5, 5.41) is 0. The third-order valence-corrected chi connectivity index (χ3v) is 5.10. The number of hydrogen-bond donors (Lipinski definition) is 0. The molecule has 3 nitrogen and oxygen atoms in total. The van der Waals surface area contributed by atoms with Crippen molar-refractivity contribution in [1.29, 1.82) is 0 Å². The molecule has 0 atom stereocenters. The monoisotopic (exact) mass is 348 g/mol. The van der Waals surface area contributed by atoms with Crippen molar-refractivity contribution in [2.45, 2.75) is 31.7 Å². The first-order valence-electron chi connectivity index (χ1n) is 9.52. The van der Waals surface area contributed by atoms with E-state index >= 15 is 0 Å². The Balaban J connectivity index is 1.59. The first-order valence-corrected chi connectivity index (χ1v) is 9.52. The van der Waals surface area contributed by atoms with Crippen molar-refractivity contribution in [3.63, 3.8) is 0 Å². The number of hydrogen-bond acceptors (Lipinski definition) is 2. The number of rotatable bonds is 7. The van der Waals surface area contributed by atoms with Gasteiger partial charge in [-0.15, -0.1) is 6.58 Å². The highest BCUT2D eigenvalue weighted by Crippen LogP contribution is 2.24. The zero-order chi connectivity index (χ0) is 18.2. The van der Waals surface area contributed by atoms with Crippen molar-refractivity contribution in [3.05, 3.63) is 78.9 Å². The van der Waals surface area contributed by atoms with Gasteiger partial charge in [0.15, 0.2) is 0 Å². The van der Waals surface area contributed by atoms with Crippen molar-refractivity contribution in [1.82, 2.24) is 4.90 Å². The van der Waals surface area contributed by atoms with Gasteiger partial charge in [-0.1, -0.05) is 54.6 Å². The Kier molecular flexibility index (Phi) is 6.62. The lowest BCUT2D eigenvalue weighted by Crippen LogP contribution is -2.48. The van der Waals surface area contributed by atoms with Gasteiger partial charge in [-0.05, 0) is 37.0 Å².